The number of carbonyl (C=O) groups excluding carboxylic acids is 1. The van der Waals surface area contributed by atoms with E-state index in [4.69, 9.17) is 32.8 Å². The van der Waals surface area contributed by atoms with Gasteiger partial charge < -0.3 is 79.0 Å². The van der Waals surface area contributed by atoms with Gasteiger partial charge in [0.05, 0.1) is 19.3 Å². The van der Waals surface area contributed by atoms with Gasteiger partial charge in [0.2, 0.25) is 12.2 Å². The SMILES string of the molecule is CC(=O)N[C@H]1[C@H](Oc2ccc3c(C)cc(=O)oc3c2)O[C@H](CO)[C@@H](O[C@@H]2O[C@H](CO)[C@H](O)[C@H](O)[C@H]2O)[C@@H]1O[C@@H]1O[C@@H](C)[C@@H](O)[C@@H](O)[C@@H]1O. The maximum Gasteiger partial charge on any atom is 0.336 e. The third kappa shape index (κ3) is 7.36. The summed E-state index contributed by atoms with van der Waals surface area (Å²) in [4.78, 5) is 24.6. The molecule has 18 heteroatoms. The lowest BCUT2D eigenvalue weighted by molar-refractivity contribution is -0.368. The van der Waals surface area contributed by atoms with Crippen molar-refractivity contribution in [3.05, 3.63) is 40.2 Å². The Morgan fingerprint density at radius 2 is 1.40 bits per heavy atom. The maximum absolute atomic E-state index is 12.5. The number of rotatable bonds is 9. The van der Waals surface area contributed by atoms with E-state index in [1.807, 2.05) is 0 Å². The van der Waals surface area contributed by atoms with Gasteiger partial charge in [-0.1, -0.05) is 0 Å². The Hall–Kier alpha value is -2.82. The first kappa shape index (κ1) is 36.5. The molecule has 2 aromatic rings. The highest BCUT2D eigenvalue weighted by Crippen LogP contribution is 2.35. The lowest BCUT2D eigenvalue weighted by Gasteiger charge is -2.50. The van der Waals surface area contributed by atoms with E-state index in [1.165, 1.54) is 32.0 Å². The van der Waals surface area contributed by atoms with Gasteiger partial charge in [0, 0.05) is 24.4 Å². The molecule has 0 unspecified atom stereocenters. The Morgan fingerprint density at radius 1 is 0.792 bits per heavy atom. The summed E-state index contributed by atoms with van der Waals surface area (Å²) in [5.74, 6) is -0.532. The molecule has 1 aromatic carbocycles. The smallest absolute Gasteiger partial charge is 0.336 e. The van der Waals surface area contributed by atoms with Crippen molar-refractivity contribution in [3.8, 4) is 5.75 Å². The first-order valence-corrected chi connectivity index (χ1v) is 15.3. The average Bonchev–Trinajstić information content (AvgIpc) is 3.04. The summed E-state index contributed by atoms with van der Waals surface area (Å²) in [5.41, 5.74) is 0.226. The van der Waals surface area contributed by atoms with Crippen LogP contribution in [0, 0.1) is 6.92 Å². The topological polar surface area (TPSA) is 277 Å². The first-order chi connectivity index (χ1) is 22.7. The highest BCUT2D eigenvalue weighted by atomic mass is 16.8. The summed E-state index contributed by atoms with van der Waals surface area (Å²) in [5, 5.41) is 86.1. The number of aliphatic hydroxyl groups is 8. The largest absolute Gasteiger partial charge is 0.462 e. The van der Waals surface area contributed by atoms with Crippen LogP contribution in [0.5, 0.6) is 5.75 Å². The number of fused-ring (bicyclic) bond motifs is 1. The first-order valence-electron chi connectivity index (χ1n) is 15.3. The standard InChI is InChI=1S/C30H41NO17/c1-10-6-18(35)44-15-7-13(4-5-14(10)15)43-28-19(31-12(3)34)27(48-29-24(40)22(38)20(36)11(2)42-29)26(17(9-33)46-28)47-30-25(41)23(39)21(37)16(8-32)45-30/h4-7,11,16-17,19-30,32-33,36-41H,8-9H2,1-3H3,(H,31,34)/t11-,16+,17+,19+,20+,21-,22+,23-,24-,25+,26+,27+,28+,29-,30-/m0/s1. The van der Waals surface area contributed by atoms with E-state index in [0.29, 0.717) is 10.9 Å². The van der Waals surface area contributed by atoms with Crippen LogP contribution < -0.4 is 15.7 Å². The quantitative estimate of drug-likeness (QED) is 0.114. The maximum atomic E-state index is 12.5. The van der Waals surface area contributed by atoms with Crippen LogP contribution in [0.4, 0.5) is 0 Å². The van der Waals surface area contributed by atoms with E-state index in [2.05, 4.69) is 5.32 Å². The zero-order valence-electron chi connectivity index (χ0n) is 26.1. The van der Waals surface area contributed by atoms with Crippen molar-refractivity contribution < 1.29 is 78.5 Å². The number of hydrogen-bond acceptors (Lipinski definition) is 17. The summed E-state index contributed by atoms with van der Waals surface area (Å²) in [6, 6.07) is 4.52. The minimum Gasteiger partial charge on any atom is -0.462 e. The minimum absolute atomic E-state index is 0.0986. The molecule has 0 bridgehead atoms. The zero-order chi connectivity index (χ0) is 35.0. The number of aryl methyl sites for hydroxylation is 1. The van der Waals surface area contributed by atoms with E-state index >= 15 is 0 Å². The predicted molar refractivity (Wildman–Crippen MR) is 157 cm³/mol. The van der Waals surface area contributed by atoms with Gasteiger partial charge in [0.15, 0.2) is 12.6 Å². The molecule has 1 amide bonds. The van der Waals surface area contributed by atoms with Crippen LogP contribution in [-0.4, -0.2) is 152 Å². The zero-order valence-corrected chi connectivity index (χ0v) is 26.1. The van der Waals surface area contributed by atoms with Crippen LogP contribution >= 0.6 is 0 Å². The van der Waals surface area contributed by atoms with Crippen molar-refractivity contribution >= 4 is 16.9 Å². The van der Waals surface area contributed by atoms with Gasteiger partial charge in [-0.2, -0.15) is 0 Å². The van der Waals surface area contributed by atoms with Gasteiger partial charge in [-0.05, 0) is 31.5 Å². The lowest BCUT2D eigenvalue weighted by Crippen LogP contribution is -2.70. The van der Waals surface area contributed by atoms with Crippen molar-refractivity contribution in [1.82, 2.24) is 5.32 Å². The molecule has 48 heavy (non-hydrogen) atoms. The van der Waals surface area contributed by atoms with Crippen LogP contribution in [0.2, 0.25) is 0 Å². The van der Waals surface area contributed by atoms with Crippen LogP contribution in [-0.2, 0) is 28.5 Å². The number of carbonyl (C=O) groups is 1. The lowest BCUT2D eigenvalue weighted by atomic mass is 9.94. The predicted octanol–water partition coefficient (Wildman–Crippen LogP) is -3.90. The molecule has 18 nitrogen and oxygen atoms in total. The third-order valence-electron chi connectivity index (χ3n) is 8.61. The number of amides is 1. The van der Waals surface area contributed by atoms with Crippen LogP contribution in [0.15, 0.2) is 33.5 Å². The number of nitrogens with one attached hydrogen (secondary N) is 1. The highest BCUT2D eigenvalue weighted by Gasteiger charge is 2.55. The van der Waals surface area contributed by atoms with Gasteiger partial charge in [-0.15, -0.1) is 0 Å². The minimum atomic E-state index is -1.89. The van der Waals surface area contributed by atoms with Crippen LogP contribution in [0.25, 0.3) is 11.0 Å². The molecule has 3 saturated heterocycles. The van der Waals surface area contributed by atoms with Crippen molar-refractivity contribution in [1.29, 1.82) is 0 Å². The van der Waals surface area contributed by atoms with Crippen molar-refractivity contribution in [2.24, 2.45) is 0 Å². The van der Waals surface area contributed by atoms with E-state index in [9.17, 15) is 50.4 Å². The van der Waals surface area contributed by atoms with E-state index in [-0.39, 0.29) is 11.3 Å². The molecule has 0 aliphatic carbocycles. The normalized spacial score (nSPS) is 40.4. The fourth-order valence-corrected chi connectivity index (χ4v) is 5.99. The van der Waals surface area contributed by atoms with E-state index in [1.54, 1.807) is 13.0 Å². The van der Waals surface area contributed by atoms with Crippen LogP contribution in [0.1, 0.15) is 19.4 Å². The van der Waals surface area contributed by atoms with E-state index < -0.39 is 117 Å². The molecule has 0 spiro atoms. The molecule has 268 valence electrons. The molecule has 0 radical (unpaired) electrons. The fourth-order valence-electron chi connectivity index (χ4n) is 5.99. The van der Waals surface area contributed by atoms with Crippen molar-refractivity contribution in [2.75, 3.05) is 13.2 Å². The number of benzene rings is 1. The summed E-state index contributed by atoms with van der Waals surface area (Å²) < 4.78 is 40.7. The Balaban J connectivity index is 1.53. The number of ether oxygens (including phenoxy) is 6. The fraction of sp³-hybridized carbons (Fsp3) is 0.667. The van der Waals surface area contributed by atoms with Crippen molar-refractivity contribution in [2.45, 2.75) is 113 Å². The van der Waals surface area contributed by atoms with Crippen molar-refractivity contribution in [3.63, 3.8) is 0 Å². The Bertz CT molecular complexity index is 1470. The van der Waals surface area contributed by atoms with Gasteiger partial charge in [-0.25, -0.2) is 4.79 Å². The summed E-state index contributed by atoms with van der Waals surface area (Å²) in [6.45, 7) is 2.73. The molecule has 1 aromatic heterocycles. The summed E-state index contributed by atoms with van der Waals surface area (Å²) in [7, 11) is 0. The summed E-state index contributed by atoms with van der Waals surface area (Å²) >= 11 is 0. The molecule has 15 atom stereocenters. The van der Waals surface area contributed by atoms with E-state index in [0.717, 1.165) is 0 Å². The highest BCUT2D eigenvalue weighted by molar-refractivity contribution is 5.81. The second-order valence-corrected chi connectivity index (χ2v) is 12.1. The molecular formula is C30H41NO17. The average molecular weight is 688 g/mol. The molecule has 0 saturated carbocycles. The van der Waals surface area contributed by atoms with Crippen LogP contribution in [0.3, 0.4) is 0 Å². The van der Waals surface area contributed by atoms with Gasteiger partial charge in [0.25, 0.3) is 0 Å². The molecule has 3 aliphatic heterocycles. The second kappa shape index (κ2) is 15.0. The third-order valence-corrected chi connectivity index (χ3v) is 8.61. The second-order valence-electron chi connectivity index (χ2n) is 12.1. The van der Waals surface area contributed by atoms with Gasteiger partial charge >= 0.3 is 5.63 Å². The molecule has 3 aliphatic rings. The van der Waals surface area contributed by atoms with Gasteiger partial charge in [0.1, 0.15) is 78.4 Å². The Morgan fingerprint density at radius 3 is 2.04 bits per heavy atom. The monoisotopic (exact) mass is 687 g/mol. The Kier molecular flexibility index (Phi) is 11.4. The number of aliphatic hydroxyl groups excluding tert-OH is 8. The molecule has 4 heterocycles. The molecule has 9 N–H and O–H groups in total. The number of hydrogen-bond donors (Lipinski definition) is 9. The summed E-state index contributed by atoms with van der Waals surface area (Å²) in [6.07, 6.45) is -22.3. The molecule has 5 rings (SSSR count). The molecule has 3 fully saturated rings. The Labute approximate surface area is 272 Å². The molecular weight excluding hydrogens is 646 g/mol. The van der Waals surface area contributed by atoms with Gasteiger partial charge in [-0.3, -0.25) is 4.79 Å².